The molecule has 4 aromatic rings. The highest BCUT2D eigenvalue weighted by Gasteiger charge is 2.52. The van der Waals surface area contributed by atoms with Crippen molar-refractivity contribution in [2.45, 2.75) is 50.5 Å². The lowest BCUT2D eigenvalue weighted by Gasteiger charge is -2.42. The number of nitrogens with zero attached hydrogens (tertiary/aromatic N) is 5. The summed E-state index contributed by atoms with van der Waals surface area (Å²) < 4.78 is 4.10. The van der Waals surface area contributed by atoms with Crippen LogP contribution in [0.2, 0.25) is 0 Å². The summed E-state index contributed by atoms with van der Waals surface area (Å²) >= 11 is 1.39. The Bertz CT molecular complexity index is 1470. The second-order valence-electron chi connectivity index (χ2n) is 10.1. The third-order valence-corrected chi connectivity index (χ3v) is 9.03. The van der Waals surface area contributed by atoms with E-state index in [9.17, 15) is 4.79 Å². The first-order chi connectivity index (χ1) is 16.5. The molecule has 1 aromatic carbocycles. The third-order valence-electron chi connectivity index (χ3n) is 8.40. The number of aromatic amines is 2. The van der Waals surface area contributed by atoms with Gasteiger partial charge in [0.05, 0.1) is 16.8 Å². The van der Waals surface area contributed by atoms with Crippen molar-refractivity contribution in [3.05, 3.63) is 62.0 Å². The summed E-state index contributed by atoms with van der Waals surface area (Å²) in [6.07, 6.45) is 4.81. The van der Waals surface area contributed by atoms with Gasteiger partial charge in [0.2, 0.25) is 5.95 Å². The molecule has 1 saturated carbocycles. The quantitative estimate of drug-likeness (QED) is 0.416. The van der Waals surface area contributed by atoms with Crippen molar-refractivity contribution in [1.29, 1.82) is 0 Å². The number of fused-ring (bicyclic) bond motifs is 2. The predicted molar refractivity (Wildman–Crippen MR) is 130 cm³/mol. The molecule has 2 aliphatic carbocycles. The minimum absolute atomic E-state index is 0.0626. The number of H-pyrrole nitrogens is 2. The zero-order valence-corrected chi connectivity index (χ0v) is 19.8. The topological polar surface area (TPSA) is 129 Å². The van der Waals surface area contributed by atoms with Gasteiger partial charge in [-0.3, -0.25) is 14.9 Å². The molecule has 1 atom stereocenters. The molecule has 4 N–H and O–H groups in total. The normalized spacial score (nSPS) is 22.4. The molecule has 34 heavy (non-hydrogen) atoms. The van der Waals surface area contributed by atoms with E-state index < -0.39 is 0 Å². The number of piperidine rings is 1. The molecule has 4 heterocycles. The molecule has 10 heteroatoms. The summed E-state index contributed by atoms with van der Waals surface area (Å²) in [4.78, 5) is 24.3. The number of hydrogen-bond acceptors (Lipinski definition) is 8. The lowest BCUT2D eigenvalue weighted by atomic mass is 9.73. The lowest BCUT2D eigenvalue weighted by Crippen LogP contribution is -2.45. The minimum Gasteiger partial charge on any atom is -0.342 e. The number of aryl methyl sites for hydroxylation is 1. The number of aromatic nitrogens is 6. The maximum absolute atomic E-state index is 13.3. The smallest absolute Gasteiger partial charge is 0.263 e. The highest BCUT2D eigenvalue weighted by Crippen LogP contribution is 2.54. The molecule has 7 rings (SSSR count). The average Bonchev–Trinajstić information content (AvgIpc) is 3.18. The lowest BCUT2D eigenvalue weighted by molar-refractivity contribution is 0.187. The van der Waals surface area contributed by atoms with Crippen LogP contribution in [0.25, 0.3) is 11.0 Å². The van der Waals surface area contributed by atoms with Crippen molar-refractivity contribution in [1.82, 2.24) is 29.8 Å². The molecule has 9 nitrogen and oxygen atoms in total. The standard InChI is InChI=1S/C24H26N8OS/c1-13-18(29-31-34-13)24(6-7-24)19-16-20(30-28-19)26-22(27-21(16)33)32-10-8-23(9-11-32)12-14-4-2-3-5-15(14)17(23)25/h2-5,17H,6-12,25H2,1H3,(H2,26,27,28,30,33)/t17-/m1/s1. The number of anilines is 1. The van der Waals surface area contributed by atoms with Crippen LogP contribution in [0.1, 0.15) is 59.1 Å². The van der Waals surface area contributed by atoms with Gasteiger partial charge >= 0.3 is 0 Å². The van der Waals surface area contributed by atoms with E-state index >= 15 is 0 Å². The van der Waals surface area contributed by atoms with Gasteiger partial charge in [-0.15, -0.1) is 5.10 Å². The van der Waals surface area contributed by atoms with Crippen molar-refractivity contribution in [2.75, 3.05) is 18.0 Å². The molecule has 2 fully saturated rings. The Balaban J connectivity index is 1.18. The van der Waals surface area contributed by atoms with Gasteiger partial charge in [0.25, 0.3) is 5.56 Å². The third kappa shape index (κ3) is 2.72. The highest BCUT2D eigenvalue weighted by molar-refractivity contribution is 7.05. The van der Waals surface area contributed by atoms with E-state index in [1.807, 2.05) is 6.92 Å². The molecule has 3 aromatic heterocycles. The van der Waals surface area contributed by atoms with Gasteiger partial charge in [-0.25, -0.2) is 0 Å². The summed E-state index contributed by atoms with van der Waals surface area (Å²) in [6.45, 7) is 3.64. The van der Waals surface area contributed by atoms with Gasteiger partial charge in [0, 0.05) is 24.0 Å². The molecule has 0 unspecified atom stereocenters. The summed E-state index contributed by atoms with van der Waals surface area (Å²) in [5.41, 5.74) is 11.2. The Morgan fingerprint density at radius 3 is 2.68 bits per heavy atom. The van der Waals surface area contributed by atoms with Crippen molar-refractivity contribution >= 4 is 28.5 Å². The van der Waals surface area contributed by atoms with Crippen molar-refractivity contribution in [3.8, 4) is 0 Å². The first kappa shape index (κ1) is 20.3. The molecule has 1 aliphatic heterocycles. The minimum atomic E-state index is -0.298. The molecule has 174 valence electrons. The van der Waals surface area contributed by atoms with E-state index in [0.717, 1.165) is 61.5 Å². The predicted octanol–water partition coefficient (Wildman–Crippen LogP) is 2.73. The van der Waals surface area contributed by atoms with Crippen molar-refractivity contribution in [2.24, 2.45) is 11.1 Å². The van der Waals surface area contributed by atoms with E-state index in [-0.39, 0.29) is 22.4 Å². The zero-order chi connectivity index (χ0) is 23.1. The fourth-order valence-electron chi connectivity index (χ4n) is 6.29. The number of nitrogens with one attached hydrogen (secondary N) is 2. The van der Waals surface area contributed by atoms with Crippen LogP contribution in [-0.4, -0.2) is 42.8 Å². The monoisotopic (exact) mass is 474 g/mol. The van der Waals surface area contributed by atoms with E-state index in [1.165, 1.54) is 22.7 Å². The first-order valence-corrected chi connectivity index (χ1v) is 12.6. The molecular weight excluding hydrogens is 448 g/mol. The van der Waals surface area contributed by atoms with Gasteiger partial charge in [-0.1, -0.05) is 28.8 Å². The van der Waals surface area contributed by atoms with Crippen LogP contribution in [0.5, 0.6) is 0 Å². The number of benzene rings is 1. The van der Waals surface area contributed by atoms with Crippen LogP contribution in [0, 0.1) is 12.3 Å². The molecule has 0 radical (unpaired) electrons. The molecule has 3 aliphatic rings. The Morgan fingerprint density at radius 1 is 1.18 bits per heavy atom. The summed E-state index contributed by atoms with van der Waals surface area (Å²) in [5, 5.41) is 12.5. The summed E-state index contributed by atoms with van der Waals surface area (Å²) in [6, 6.07) is 8.60. The van der Waals surface area contributed by atoms with Crippen molar-refractivity contribution < 1.29 is 0 Å². The zero-order valence-electron chi connectivity index (χ0n) is 19.0. The molecule has 0 amide bonds. The molecule has 1 spiro atoms. The van der Waals surface area contributed by atoms with Gasteiger partial charge in [0.15, 0.2) is 5.65 Å². The Labute approximate surface area is 200 Å². The van der Waals surface area contributed by atoms with Crippen LogP contribution >= 0.6 is 11.5 Å². The number of hydrogen-bond donors (Lipinski definition) is 3. The molecule has 1 saturated heterocycles. The Kier molecular flexibility index (Phi) is 4.15. The second-order valence-corrected chi connectivity index (χ2v) is 11.1. The SMILES string of the molecule is Cc1snnc1C1(c2[nH]nc3nc(N4CCC5(CC4)Cc4ccccc4[C@H]5N)[nH]c(=O)c23)CC1. The van der Waals surface area contributed by atoms with E-state index in [1.54, 1.807) is 0 Å². The van der Waals surface area contributed by atoms with E-state index in [2.05, 4.69) is 53.9 Å². The van der Waals surface area contributed by atoms with Crippen LogP contribution in [-0.2, 0) is 11.8 Å². The van der Waals surface area contributed by atoms with Crippen molar-refractivity contribution in [3.63, 3.8) is 0 Å². The van der Waals surface area contributed by atoms with Gasteiger partial charge in [-0.05, 0) is 67.1 Å². The van der Waals surface area contributed by atoms with Gasteiger partial charge in [0.1, 0.15) is 5.39 Å². The number of nitrogens with two attached hydrogens (primary N) is 1. The largest absolute Gasteiger partial charge is 0.342 e. The van der Waals surface area contributed by atoms with Crippen LogP contribution in [0.4, 0.5) is 5.95 Å². The summed E-state index contributed by atoms with van der Waals surface area (Å²) in [7, 11) is 0. The highest BCUT2D eigenvalue weighted by atomic mass is 32.1. The van der Waals surface area contributed by atoms with Crippen LogP contribution < -0.4 is 16.2 Å². The second kappa shape index (κ2) is 6.96. The maximum Gasteiger partial charge on any atom is 0.263 e. The first-order valence-electron chi connectivity index (χ1n) is 11.9. The van der Waals surface area contributed by atoms with Gasteiger partial charge in [-0.2, -0.15) is 10.1 Å². The van der Waals surface area contributed by atoms with E-state index in [4.69, 9.17) is 10.7 Å². The average molecular weight is 475 g/mol. The van der Waals surface area contributed by atoms with E-state index in [0.29, 0.717) is 17.0 Å². The van der Waals surface area contributed by atoms with Gasteiger partial charge < -0.3 is 10.6 Å². The summed E-state index contributed by atoms with van der Waals surface area (Å²) in [5.74, 6) is 0.589. The van der Waals surface area contributed by atoms with Crippen LogP contribution in [0.15, 0.2) is 29.1 Å². The molecular formula is C24H26N8OS. The van der Waals surface area contributed by atoms with Crippen LogP contribution in [0.3, 0.4) is 0 Å². The fraction of sp³-hybridized carbons (Fsp3) is 0.458. The Hall–Kier alpha value is -3.11. The molecule has 0 bridgehead atoms. The number of rotatable bonds is 3. The Morgan fingerprint density at radius 2 is 1.97 bits per heavy atom. The maximum atomic E-state index is 13.3. The fourth-order valence-corrected chi connectivity index (χ4v) is 6.85.